The summed E-state index contributed by atoms with van der Waals surface area (Å²) >= 11 is 0. The summed E-state index contributed by atoms with van der Waals surface area (Å²) in [7, 11) is 0. The molecule has 0 radical (unpaired) electrons. The van der Waals surface area contributed by atoms with E-state index >= 15 is 0 Å². The third kappa shape index (κ3) is 5.19. The van der Waals surface area contributed by atoms with Crippen LogP contribution in [0, 0.1) is 0 Å². The number of nitrogens with zero attached hydrogens (tertiary/aromatic N) is 1. The van der Waals surface area contributed by atoms with Gasteiger partial charge in [0.15, 0.2) is 5.84 Å². The summed E-state index contributed by atoms with van der Waals surface area (Å²) < 4.78 is 28.2. The number of nitrogens with one attached hydrogen (secondary N) is 1. The molecule has 8 heteroatoms. The largest absolute Gasteiger partial charge is 0.409 e. The summed E-state index contributed by atoms with van der Waals surface area (Å²) in [6.45, 7) is -0.810. The molecule has 0 aliphatic rings. The number of amidine groups is 1. The standard InChI is InChI=1S/C12H15F2N3O3/c13-10(14)7-20-6-5-11(18)16-9-4-2-1-3-8(9)12(15)17-19/h1-4,10,19H,5-7H2,(H2,15,17)(H,16,18). The highest BCUT2D eigenvalue weighted by atomic mass is 19.3. The van der Waals surface area contributed by atoms with Crippen LogP contribution in [0.1, 0.15) is 12.0 Å². The van der Waals surface area contributed by atoms with Crippen LogP contribution in [0.2, 0.25) is 0 Å². The molecule has 0 aliphatic heterocycles. The Morgan fingerprint density at radius 1 is 1.45 bits per heavy atom. The lowest BCUT2D eigenvalue weighted by Crippen LogP contribution is -2.20. The van der Waals surface area contributed by atoms with Crippen molar-refractivity contribution in [2.75, 3.05) is 18.5 Å². The van der Waals surface area contributed by atoms with Gasteiger partial charge in [0.25, 0.3) is 6.43 Å². The van der Waals surface area contributed by atoms with Crippen LogP contribution in [-0.2, 0) is 9.53 Å². The molecule has 0 spiro atoms. The van der Waals surface area contributed by atoms with Gasteiger partial charge in [-0.2, -0.15) is 0 Å². The number of ether oxygens (including phenoxy) is 1. The molecular formula is C12H15F2N3O3. The average Bonchev–Trinajstić information content (AvgIpc) is 2.43. The Morgan fingerprint density at radius 3 is 2.80 bits per heavy atom. The number of alkyl halides is 2. The van der Waals surface area contributed by atoms with Crippen molar-refractivity contribution in [3.63, 3.8) is 0 Å². The fraction of sp³-hybridized carbons (Fsp3) is 0.333. The monoisotopic (exact) mass is 287 g/mol. The number of halogens is 2. The molecule has 4 N–H and O–H groups in total. The summed E-state index contributed by atoms with van der Waals surface area (Å²) in [6.07, 6.45) is -2.63. The second-order valence-electron chi connectivity index (χ2n) is 3.80. The summed E-state index contributed by atoms with van der Waals surface area (Å²) in [5.41, 5.74) is 6.19. The Hall–Kier alpha value is -2.22. The van der Waals surface area contributed by atoms with Gasteiger partial charge in [-0.05, 0) is 12.1 Å². The van der Waals surface area contributed by atoms with E-state index in [1.807, 2.05) is 0 Å². The number of oxime groups is 1. The van der Waals surface area contributed by atoms with Gasteiger partial charge >= 0.3 is 0 Å². The molecule has 0 saturated carbocycles. The van der Waals surface area contributed by atoms with Gasteiger partial charge in [-0.25, -0.2) is 8.78 Å². The minimum absolute atomic E-state index is 0.0722. The van der Waals surface area contributed by atoms with Gasteiger partial charge in [-0.15, -0.1) is 0 Å². The summed E-state index contributed by atoms with van der Waals surface area (Å²) in [6, 6.07) is 6.47. The summed E-state index contributed by atoms with van der Waals surface area (Å²) in [5.74, 6) is -0.563. The Kier molecular flexibility index (Phi) is 6.38. The van der Waals surface area contributed by atoms with Crippen LogP contribution < -0.4 is 11.1 Å². The maximum atomic E-state index is 11.8. The minimum Gasteiger partial charge on any atom is -0.409 e. The molecule has 0 saturated heterocycles. The molecular weight excluding hydrogens is 272 g/mol. The number of rotatable bonds is 7. The van der Waals surface area contributed by atoms with Gasteiger partial charge in [0, 0.05) is 5.56 Å². The zero-order valence-corrected chi connectivity index (χ0v) is 10.6. The van der Waals surface area contributed by atoms with Crippen molar-refractivity contribution in [2.45, 2.75) is 12.8 Å². The first kappa shape index (κ1) is 15.8. The molecule has 0 aromatic heterocycles. The van der Waals surface area contributed by atoms with E-state index in [0.29, 0.717) is 11.3 Å². The fourth-order valence-electron chi connectivity index (χ4n) is 1.42. The summed E-state index contributed by atoms with van der Waals surface area (Å²) in [5, 5.41) is 14.0. The lowest BCUT2D eigenvalue weighted by Gasteiger charge is -2.10. The number of carbonyl (C=O) groups is 1. The van der Waals surface area contributed by atoms with Crippen molar-refractivity contribution in [2.24, 2.45) is 10.9 Å². The second kappa shape index (κ2) is 8.05. The normalized spacial score (nSPS) is 11.7. The Morgan fingerprint density at radius 2 is 2.15 bits per heavy atom. The van der Waals surface area contributed by atoms with Crippen LogP contribution in [0.3, 0.4) is 0 Å². The molecule has 1 amide bonds. The lowest BCUT2D eigenvalue weighted by atomic mass is 10.1. The van der Waals surface area contributed by atoms with Crippen molar-refractivity contribution >= 4 is 17.4 Å². The zero-order valence-electron chi connectivity index (χ0n) is 10.6. The molecule has 0 atom stereocenters. The maximum absolute atomic E-state index is 11.8. The quantitative estimate of drug-likeness (QED) is 0.232. The van der Waals surface area contributed by atoms with Crippen molar-refractivity contribution < 1.29 is 23.5 Å². The topological polar surface area (TPSA) is 96.9 Å². The number of para-hydroxylation sites is 1. The highest BCUT2D eigenvalue weighted by Crippen LogP contribution is 2.14. The van der Waals surface area contributed by atoms with Crippen molar-refractivity contribution in [1.29, 1.82) is 0 Å². The van der Waals surface area contributed by atoms with Crippen LogP contribution in [0.15, 0.2) is 29.4 Å². The van der Waals surface area contributed by atoms with Gasteiger partial charge in [0.1, 0.15) is 6.61 Å². The molecule has 0 aliphatic carbocycles. The first-order valence-corrected chi connectivity index (χ1v) is 5.77. The first-order chi connectivity index (χ1) is 9.54. The van der Waals surface area contributed by atoms with Crippen LogP contribution >= 0.6 is 0 Å². The molecule has 0 unspecified atom stereocenters. The van der Waals surface area contributed by atoms with E-state index in [2.05, 4.69) is 15.2 Å². The third-order valence-electron chi connectivity index (χ3n) is 2.30. The SMILES string of the molecule is N/C(=N/O)c1ccccc1NC(=O)CCOCC(F)F. The van der Waals surface area contributed by atoms with E-state index in [4.69, 9.17) is 10.9 Å². The number of hydrogen-bond acceptors (Lipinski definition) is 4. The van der Waals surface area contributed by atoms with E-state index in [9.17, 15) is 13.6 Å². The average molecular weight is 287 g/mol. The molecule has 20 heavy (non-hydrogen) atoms. The van der Waals surface area contributed by atoms with E-state index in [0.717, 1.165) is 0 Å². The van der Waals surface area contributed by atoms with Crippen LogP contribution in [-0.4, -0.2) is 36.6 Å². The molecule has 0 fully saturated rings. The van der Waals surface area contributed by atoms with E-state index in [1.54, 1.807) is 24.3 Å². The number of hydrogen-bond donors (Lipinski definition) is 3. The number of nitrogens with two attached hydrogens (primary N) is 1. The highest BCUT2D eigenvalue weighted by Gasteiger charge is 2.10. The predicted octanol–water partition coefficient (Wildman–Crippen LogP) is 1.39. The van der Waals surface area contributed by atoms with Gasteiger partial charge in [0.05, 0.1) is 18.7 Å². The lowest BCUT2D eigenvalue weighted by molar-refractivity contribution is -0.117. The second-order valence-corrected chi connectivity index (χ2v) is 3.80. The van der Waals surface area contributed by atoms with E-state index in [1.165, 1.54) is 0 Å². The number of amides is 1. The predicted molar refractivity (Wildman–Crippen MR) is 69.0 cm³/mol. The van der Waals surface area contributed by atoms with Gasteiger partial charge in [-0.3, -0.25) is 4.79 Å². The molecule has 1 rings (SSSR count). The molecule has 1 aromatic rings. The molecule has 0 bridgehead atoms. The summed E-state index contributed by atoms with van der Waals surface area (Å²) in [4.78, 5) is 11.6. The Labute approximate surface area is 114 Å². The third-order valence-corrected chi connectivity index (χ3v) is 2.30. The van der Waals surface area contributed by atoms with Crippen molar-refractivity contribution in [3.8, 4) is 0 Å². The highest BCUT2D eigenvalue weighted by molar-refractivity contribution is 6.05. The first-order valence-electron chi connectivity index (χ1n) is 5.77. The minimum atomic E-state index is -2.56. The fourth-order valence-corrected chi connectivity index (χ4v) is 1.42. The molecule has 1 aromatic carbocycles. The van der Waals surface area contributed by atoms with Gasteiger partial charge < -0.3 is 21.0 Å². The molecule has 0 heterocycles. The Balaban J connectivity index is 2.54. The zero-order chi connectivity index (χ0) is 15.0. The van der Waals surface area contributed by atoms with Crippen molar-refractivity contribution in [1.82, 2.24) is 0 Å². The Bertz CT molecular complexity index is 481. The van der Waals surface area contributed by atoms with Gasteiger partial charge in [-0.1, -0.05) is 17.3 Å². The van der Waals surface area contributed by atoms with Crippen molar-refractivity contribution in [3.05, 3.63) is 29.8 Å². The smallest absolute Gasteiger partial charge is 0.261 e. The van der Waals surface area contributed by atoms with Crippen LogP contribution in [0.4, 0.5) is 14.5 Å². The van der Waals surface area contributed by atoms with E-state index < -0.39 is 18.9 Å². The number of anilines is 1. The van der Waals surface area contributed by atoms with Crippen LogP contribution in [0.25, 0.3) is 0 Å². The maximum Gasteiger partial charge on any atom is 0.261 e. The molecule has 110 valence electrons. The molecule has 6 nitrogen and oxygen atoms in total. The van der Waals surface area contributed by atoms with E-state index in [-0.39, 0.29) is 18.9 Å². The van der Waals surface area contributed by atoms with Crippen LogP contribution in [0.5, 0.6) is 0 Å². The van der Waals surface area contributed by atoms with Gasteiger partial charge in [0.2, 0.25) is 5.91 Å². The number of carbonyl (C=O) groups excluding carboxylic acids is 1. The number of benzene rings is 1.